The summed E-state index contributed by atoms with van der Waals surface area (Å²) < 4.78 is 12.8. The zero-order valence-corrected chi connectivity index (χ0v) is 16.4. The molecular formula is C20H21ClN4O3. The van der Waals surface area contributed by atoms with E-state index in [-0.39, 0.29) is 12.6 Å². The van der Waals surface area contributed by atoms with Crippen molar-refractivity contribution in [1.29, 1.82) is 0 Å². The van der Waals surface area contributed by atoms with Crippen LogP contribution in [0.3, 0.4) is 0 Å². The van der Waals surface area contributed by atoms with Crippen molar-refractivity contribution in [3.63, 3.8) is 0 Å². The standard InChI is InChI=1S/C20H21ClN4O3/c1-2-27-19(26)6-5-14-7-15(13-3-4-13)9-25-10-16(24-20(14)25)11-28-18-8-17(21)22-12-23-18/h7-10,12-13H,2-6,11H2,1H3. The summed E-state index contributed by atoms with van der Waals surface area (Å²) in [5.74, 6) is 0.822. The number of pyridine rings is 1. The van der Waals surface area contributed by atoms with Gasteiger partial charge in [-0.2, -0.15) is 0 Å². The third kappa shape index (κ3) is 4.42. The van der Waals surface area contributed by atoms with Crippen molar-refractivity contribution in [2.24, 2.45) is 0 Å². The smallest absolute Gasteiger partial charge is 0.306 e. The second-order valence-corrected chi connectivity index (χ2v) is 7.20. The number of fused-ring (bicyclic) bond motifs is 1. The molecule has 1 aliphatic carbocycles. The van der Waals surface area contributed by atoms with Crippen molar-refractivity contribution in [3.8, 4) is 5.88 Å². The monoisotopic (exact) mass is 400 g/mol. The fourth-order valence-electron chi connectivity index (χ4n) is 3.15. The molecule has 1 saturated carbocycles. The van der Waals surface area contributed by atoms with E-state index in [0.29, 0.717) is 36.4 Å². The highest BCUT2D eigenvalue weighted by Crippen LogP contribution is 2.40. The van der Waals surface area contributed by atoms with Crippen molar-refractivity contribution >= 4 is 23.2 Å². The Morgan fingerprint density at radius 2 is 2.14 bits per heavy atom. The number of aryl methyl sites for hydroxylation is 1. The molecule has 146 valence electrons. The molecule has 0 bridgehead atoms. The van der Waals surface area contributed by atoms with E-state index in [1.54, 1.807) is 6.07 Å². The number of hydrogen-bond donors (Lipinski definition) is 0. The molecule has 0 saturated heterocycles. The van der Waals surface area contributed by atoms with Gasteiger partial charge in [0.15, 0.2) is 0 Å². The summed E-state index contributed by atoms with van der Waals surface area (Å²) in [7, 11) is 0. The van der Waals surface area contributed by atoms with Crippen molar-refractivity contribution in [2.45, 2.75) is 45.1 Å². The van der Waals surface area contributed by atoms with Gasteiger partial charge in [-0.3, -0.25) is 4.79 Å². The van der Waals surface area contributed by atoms with Gasteiger partial charge in [0.1, 0.15) is 23.7 Å². The van der Waals surface area contributed by atoms with Gasteiger partial charge in [-0.05, 0) is 43.2 Å². The molecule has 4 rings (SSSR count). The number of rotatable bonds is 8. The highest BCUT2D eigenvalue weighted by molar-refractivity contribution is 6.29. The first-order chi connectivity index (χ1) is 13.6. The van der Waals surface area contributed by atoms with Gasteiger partial charge in [-0.25, -0.2) is 15.0 Å². The zero-order chi connectivity index (χ0) is 19.5. The van der Waals surface area contributed by atoms with Gasteiger partial charge >= 0.3 is 5.97 Å². The minimum Gasteiger partial charge on any atom is -0.471 e. The van der Waals surface area contributed by atoms with Crippen molar-refractivity contribution in [1.82, 2.24) is 19.4 Å². The van der Waals surface area contributed by atoms with Crippen LogP contribution in [0.5, 0.6) is 5.88 Å². The average Bonchev–Trinajstić information content (AvgIpc) is 3.44. The number of halogens is 1. The van der Waals surface area contributed by atoms with E-state index in [1.165, 1.54) is 24.7 Å². The average molecular weight is 401 g/mol. The summed E-state index contributed by atoms with van der Waals surface area (Å²) in [5, 5.41) is 0.329. The third-order valence-corrected chi connectivity index (χ3v) is 4.83. The van der Waals surface area contributed by atoms with Gasteiger partial charge in [-0.1, -0.05) is 17.7 Å². The lowest BCUT2D eigenvalue weighted by molar-refractivity contribution is -0.143. The lowest BCUT2D eigenvalue weighted by Crippen LogP contribution is -2.06. The minimum atomic E-state index is -0.187. The Labute approximate surface area is 167 Å². The summed E-state index contributed by atoms with van der Waals surface area (Å²) in [6.45, 7) is 2.48. The van der Waals surface area contributed by atoms with E-state index in [9.17, 15) is 4.79 Å². The number of nitrogens with zero attached hydrogens (tertiary/aromatic N) is 4. The van der Waals surface area contributed by atoms with Crippen LogP contribution in [0.2, 0.25) is 5.15 Å². The molecular weight excluding hydrogens is 380 g/mol. The Morgan fingerprint density at radius 1 is 1.29 bits per heavy atom. The van der Waals surface area contributed by atoms with E-state index in [1.807, 2.05) is 17.5 Å². The van der Waals surface area contributed by atoms with Crippen LogP contribution in [0.15, 0.2) is 30.9 Å². The highest BCUT2D eigenvalue weighted by atomic mass is 35.5. The van der Waals surface area contributed by atoms with E-state index >= 15 is 0 Å². The van der Waals surface area contributed by atoms with E-state index in [0.717, 1.165) is 16.9 Å². The first kappa shape index (κ1) is 18.7. The van der Waals surface area contributed by atoms with Gasteiger partial charge in [0.25, 0.3) is 0 Å². The molecule has 0 N–H and O–H groups in total. The third-order valence-electron chi connectivity index (χ3n) is 4.63. The largest absolute Gasteiger partial charge is 0.471 e. The Morgan fingerprint density at radius 3 is 2.89 bits per heavy atom. The summed E-state index contributed by atoms with van der Waals surface area (Å²) in [4.78, 5) is 24.4. The van der Waals surface area contributed by atoms with Crippen LogP contribution in [0.25, 0.3) is 5.65 Å². The number of esters is 1. The van der Waals surface area contributed by atoms with Crippen LogP contribution in [-0.2, 0) is 22.6 Å². The molecule has 1 fully saturated rings. The SMILES string of the molecule is CCOC(=O)CCc1cc(C2CC2)cn2cc(COc3cc(Cl)ncn3)nc12. The predicted octanol–water partition coefficient (Wildman–Crippen LogP) is 3.73. The maximum Gasteiger partial charge on any atom is 0.306 e. The number of carbonyl (C=O) groups excluding carboxylic acids is 1. The molecule has 3 heterocycles. The number of ether oxygens (including phenoxy) is 2. The number of carbonyl (C=O) groups is 1. The van der Waals surface area contributed by atoms with Crippen LogP contribution >= 0.6 is 11.6 Å². The Bertz CT molecular complexity index is 1000. The molecule has 28 heavy (non-hydrogen) atoms. The van der Waals surface area contributed by atoms with Crippen LogP contribution < -0.4 is 4.74 Å². The summed E-state index contributed by atoms with van der Waals surface area (Å²) in [5.41, 5.74) is 3.96. The molecule has 0 spiro atoms. The Balaban J connectivity index is 1.55. The molecule has 0 aliphatic heterocycles. The molecule has 1 aliphatic rings. The van der Waals surface area contributed by atoms with Gasteiger partial charge in [0.05, 0.1) is 12.3 Å². The molecule has 0 radical (unpaired) electrons. The van der Waals surface area contributed by atoms with Crippen molar-refractivity contribution in [3.05, 3.63) is 52.8 Å². The van der Waals surface area contributed by atoms with Gasteiger partial charge < -0.3 is 13.9 Å². The topological polar surface area (TPSA) is 78.6 Å². The first-order valence-corrected chi connectivity index (χ1v) is 9.76. The minimum absolute atomic E-state index is 0.187. The fourth-order valence-corrected chi connectivity index (χ4v) is 3.29. The van der Waals surface area contributed by atoms with Crippen LogP contribution in [0.1, 0.15) is 48.9 Å². The second kappa shape index (κ2) is 8.14. The molecule has 0 amide bonds. The Kier molecular flexibility index (Phi) is 5.43. The van der Waals surface area contributed by atoms with Crippen molar-refractivity contribution in [2.75, 3.05) is 6.61 Å². The quantitative estimate of drug-likeness (QED) is 0.423. The highest BCUT2D eigenvalue weighted by Gasteiger charge is 2.25. The molecule has 8 heteroatoms. The summed E-state index contributed by atoms with van der Waals surface area (Å²) in [6.07, 6.45) is 8.80. The number of aromatic nitrogens is 4. The van der Waals surface area contributed by atoms with Gasteiger partial charge in [0, 0.05) is 24.9 Å². The maximum absolute atomic E-state index is 11.8. The first-order valence-electron chi connectivity index (χ1n) is 9.38. The fraction of sp³-hybridized carbons (Fsp3) is 0.400. The lowest BCUT2D eigenvalue weighted by Gasteiger charge is -2.07. The molecule has 0 unspecified atom stereocenters. The Hall–Kier alpha value is -2.67. The van der Waals surface area contributed by atoms with Crippen molar-refractivity contribution < 1.29 is 14.3 Å². The molecule has 0 atom stereocenters. The molecule has 0 aromatic carbocycles. The van der Waals surface area contributed by atoms with Gasteiger partial charge in [-0.15, -0.1) is 0 Å². The lowest BCUT2D eigenvalue weighted by atomic mass is 10.1. The second-order valence-electron chi connectivity index (χ2n) is 6.81. The molecule has 3 aromatic heterocycles. The summed E-state index contributed by atoms with van der Waals surface area (Å²) >= 11 is 5.86. The molecule has 7 nitrogen and oxygen atoms in total. The van der Waals surface area contributed by atoms with E-state index in [4.69, 9.17) is 26.1 Å². The van der Waals surface area contributed by atoms with Crippen LogP contribution in [0, 0.1) is 0 Å². The van der Waals surface area contributed by atoms with Crippen LogP contribution in [-0.4, -0.2) is 31.9 Å². The van der Waals surface area contributed by atoms with E-state index in [2.05, 4.69) is 22.2 Å². The predicted molar refractivity (Wildman–Crippen MR) is 103 cm³/mol. The maximum atomic E-state index is 11.8. The normalized spacial score (nSPS) is 13.6. The van der Waals surface area contributed by atoms with Crippen LogP contribution in [0.4, 0.5) is 0 Å². The zero-order valence-electron chi connectivity index (χ0n) is 15.6. The number of imidazole rings is 1. The summed E-state index contributed by atoms with van der Waals surface area (Å²) in [6, 6.07) is 3.74. The number of hydrogen-bond acceptors (Lipinski definition) is 6. The van der Waals surface area contributed by atoms with Gasteiger partial charge in [0.2, 0.25) is 5.88 Å². The molecule has 3 aromatic rings. The van der Waals surface area contributed by atoms with E-state index < -0.39 is 0 Å².